The number of unbranched alkanes of at least 4 members (excludes halogenated alkanes) is 3. The first-order valence-electron chi connectivity index (χ1n) is 8.66. The lowest BCUT2D eigenvalue weighted by Crippen LogP contribution is -2.62. The summed E-state index contributed by atoms with van der Waals surface area (Å²) in [5.74, 6) is 0.343. The zero-order chi connectivity index (χ0) is 15.9. The SMILES string of the molecule is CC(=O)CCCCCCC(=O)N1CC(=O)N[C@@H]2CCCC[C@H]21. The normalized spacial score (nSPS) is 24.6. The molecule has 0 aromatic heterocycles. The van der Waals surface area contributed by atoms with Crippen molar-refractivity contribution in [2.24, 2.45) is 0 Å². The van der Waals surface area contributed by atoms with Gasteiger partial charge in [0.15, 0.2) is 0 Å². The van der Waals surface area contributed by atoms with Crippen LogP contribution in [0, 0.1) is 0 Å². The summed E-state index contributed by atoms with van der Waals surface area (Å²) in [6.07, 6.45) is 9.20. The number of carbonyl (C=O) groups is 3. The number of fused-ring (bicyclic) bond motifs is 1. The van der Waals surface area contributed by atoms with Gasteiger partial charge in [0.2, 0.25) is 11.8 Å². The van der Waals surface area contributed by atoms with Crippen LogP contribution in [0.1, 0.15) is 71.1 Å². The van der Waals surface area contributed by atoms with E-state index in [0.717, 1.165) is 51.4 Å². The number of amides is 2. The van der Waals surface area contributed by atoms with Gasteiger partial charge in [-0.1, -0.05) is 25.7 Å². The lowest BCUT2D eigenvalue weighted by Gasteiger charge is -2.44. The third-order valence-corrected chi connectivity index (χ3v) is 4.78. The number of hydrogen-bond donors (Lipinski definition) is 1. The second-order valence-corrected chi connectivity index (χ2v) is 6.66. The van der Waals surface area contributed by atoms with E-state index in [1.807, 2.05) is 4.90 Å². The monoisotopic (exact) mass is 308 g/mol. The van der Waals surface area contributed by atoms with E-state index in [-0.39, 0.29) is 36.2 Å². The van der Waals surface area contributed by atoms with Crippen LogP contribution >= 0.6 is 0 Å². The van der Waals surface area contributed by atoms with Crippen LogP contribution in [0.25, 0.3) is 0 Å². The van der Waals surface area contributed by atoms with Gasteiger partial charge in [-0.25, -0.2) is 0 Å². The largest absolute Gasteiger partial charge is 0.350 e. The molecule has 1 saturated carbocycles. The van der Waals surface area contributed by atoms with Crippen molar-refractivity contribution in [2.45, 2.75) is 83.2 Å². The Hall–Kier alpha value is -1.39. The highest BCUT2D eigenvalue weighted by molar-refractivity contribution is 5.86. The molecule has 124 valence electrons. The van der Waals surface area contributed by atoms with Crippen molar-refractivity contribution < 1.29 is 14.4 Å². The van der Waals surface area contributed by atoms with Crippen LogP contribution in [0.4, 0.5) is 0 Å². The molecule has 5 heteroatoms. The Bertz CT molecular complexity index is 422. The molecule has 1 aliphatic heterocycles. The molecule has 1 aliphatic carbocycles. The Kier molecular flexibility index (Phi) is 6.40. The fraction of sp³-hybridized carbons (Fsp3) is 0.824. The van der Waals surface area contributed by atoms with E-state index in [2.05, 4.69) is 5.32 Å². The van der Waals surface area contributed by atoms with E-state index in [4.69, 9.17) is 0 Å². The van der Waals surface area contributed by atoms with Gasteiger partial charge in [-0.3, -0.25) is 9.59 Å². The van der Waals surface area contributed by atoms with Crippen LogP contribution in [0.3, 0.4) is 0 Å². The van der Waals surface area contributed by atoms with Crippen molar-refractivity contribution >= 4 is 17.6 Å². The van der Waals surface area contributed by atoms with Crippen LogP contribution in [-0.2, 0) is 14.4 Å². The first-order chi connectivity index (χ1) is 10.6. The molecule has 0 aromatic rings. The Morgan fingerprint density at radius 3 is 2.50 bits per heavy atom. The molecule has 1 N–H and O–H groups in total. The van der Waals surface area contributed by atoms with Gasteiger partial charge in [-0.05, 0) is 32.6 Å². The molecule has 1 saturated heterocycles. The van der Waals surface area contributed by atoms with E-state index in [1.165, 1.54) is 0 Å². The zero-order valence-electron chi connectivity index (χ0n) is 13.6. The lowest BCUT2D eigenvalue weighted by molar-refractivity contribution is -0.144. The number of ketones is 1. The Labute approximate surface area is 132 Å². The first-order valence-corrected chi connectivity index (χ1v) is 8.66. The van der Waals surface area contributed by atoms with Gasteiger partial charge in [0, 0.05) is 18.9 Å². The van der Waals surface area contributed by atoms with E-state index >= 15 is 0 Å². The molecule has 2 rings (SSSR count). The van der Waals surface area contributed by atoms with E-state index in [0.29, 0.717) is 12.8 Å². The molecule has 2 fully saturated rings. The molecule has 0 unspecified atom stereocenters. The van der Waals surface area contributed by atoms with Crippen molar-refractivity contribution in [3.05, 3.63) is 0 Å². The zero-order valence-corrected chi connectivity index (χ0v) is 13.6. The minimum absolute atomic E-state index is 0.0158. The van der Waals surface area contributed by atoms with E-state index in [9.17, 15) is 14.4 Å². The summed E-state index contributed by atoms with van der Waals surface area (Å²) in [4.78, 5) is 36.9. The van der Waals surface area contributed by atoms with Crippen molar-refractivity contribution in [3.63, 3.8) is 0 Å². The molecule has 22 heavy (non-hydrogen) atoms. The fourth-order valence-corrected chi connectivity index (χ4v) is 3.60. The predicted octanol–water partition coefficient (Wildman–Crippen LogP) is 2.19. The van der Waals surface area contributed by atoms with Crippen molar-refractivity contribution in [1.29, 1.82) is 0 Å². The Morgan fingerprint density at radius 2 is 1.77 bits per heavy atom. The highest BCUT2D eigenvalue weighted by Gasteiger charge is 2.38. The molecule has 2 atom stereocenters. The predicted molar refractivity (Wildman–Crippen MR) is 84.3 cm³/mol. The maximum absolute atomic E-state index is 12.4. The van der Waals surface area contributed by atoms with Crippen LogP contribution < -0.4 is 5.32 Å². The highest BCUT2D eigenvalue weighted by Crippen LogP contribution is 2.26. The average molecular weight is 308 g/mol. The van der Waals surface area contributed by atoms with Crippen molar-refractivity contribution in [2.75, 3.05) is 6.54 Å². The number of nitrogens with zero attached hydrogens (tertiary/aromatic N) is 1. The second-order valence-electron chi connectivity index (χ2n) is 6.66. The first kappa shape index (κ1) is 17.0. The highest BCUT2D eigenvalue weighted by atomic mass is 16.2. The number of hydrogen-bond acceptors (Lipinski definition) is 3. The second kappa shape index (κ2) is 8.30. The average Bonchev–Trinajstić information content (AvgIpc) is 2.49. The third-order valence-electron chi connectivity index (χ3n) is 4.78. The molecule has 0 radical (unpaired) electrons. The smallest absolute Gasteiger partial charge is 0.239 e. The summed E-state index contributed by atoms with van der Waals surface area (Å²) >= 11 is 0. The van der Waals surface area contributed by atoms with E-state index in [1.54, 1.807) is 6.92 Å². The molecule has 2 aliphatic rings. The molecule has 0 aromatic carbocycles. The summed E-state index contributed by atoms with van der Waals surface area (Å²) < 4.78 is 0. The topological polar surface area (TPSA) is 66.5 Å². The van der Waals surface area contributed by atoms with Gasteiger partial charge in [-0.2, -0.15) is 0 Å². The number of nitrogens with one attached hydrogen (secondary N) is 1. The number of piperazine rings is 1. The molecular weight excluding hydrogens is 280 g/mol. The van der Waals surface area contributed by atoms with Gasteiger partial charge >= 0.3 is 0 Å². The van der Waals surface area contributed by atoms with Crippen LogP contribution in [0.2, 0.25) is 0 Å². The molecule has 0 bridgehead atoms. The van der Waals surface area contributed by atoms with Crippen LogP contribution in [0.15, 0.2) is 0 Å². The summed E-state index contributed by atoms with van der Waals surface area (Å²) in [7, 11) is 0. The maximum atomic E-state index is 12.4. The quantitative estimate of drug-likeness (QED) is 0.733. The van der Waals surface area contributed by atoms with Crippen LogP contribution in [0.5, 0.6) is 0 Å². The molecule has 0 spiro atoms. The molecule has 1 heterocycles. The van der Waals surface area contributed by atoms with Gasteiger partial charge in [0.25, 0.3) is 0 Å². The minimum Gasteiger partial charge on any atom is -0.350 e. The van der Waals surface area contributed by atoms with Crippen LogP contribution in [-0.4, -0.2) is 41.1 Å². The van der Waals surface area contributed by atoms with E-state index < -0.39 is 0 Å². The third kappa shape index (κ3) is 4.82. The number of rotatable bonds is 7. The Morgan fingerprint density at radius 1 is 1.09 bits per heavy atom. The standard InChI is InChI=1S/C17H28N2O3/c1-13(20)8-4-2-3-5-11-17(22)19-12-16(21)18-14-9-6-7-10-15(14)19/h14-15H,2-12H2,1H3,(H,18,21)/t14-,15-/m1/s1. The molecular formula is C17H28N2O3. The molecule has 5 nitrogen and oxygen atoms in total. The summed E-state index contributed by atoms with van der Waals surface area (Å²) in [6.45, 7) is 1.84. The summed E-state index contributed by atoms with van der Waals surface area (Å²) in [5, 5.41) is 3.03. The van der Waals surface area contributed by atoms with Crippen molar-refractivity contribution in [1.82, 2.24) is 10.2 Å². The summed E-state index contributed by atoms with van der Waals surface area (Å²) in [5.41, 5.74) is 0. The lowest BCUT2D eigenvalue weighted by atomic mass is 9.87. The van der Waals surface area contributed by atoms with Gasteiger partial charge in [0.05, 0.1) is 12.6 Å². The maximum Gasteiger partial charge on any atom is 0.239 e. The number of Topliss-reactive ketones (excluding diaryl/α,β-unsaturated/α-hetero) is 1. The van der Waals surface area contributed by atoms with Gasteiger partial charge in [-0.15, -0.1) is 0 Å². The summed E-state index contributed by atoms with van der Waals surface area (Å²) in [6, 6.07) is 0.367. The van der Waals surface area contributed by atoms with Gasteiger partial charge < -0.3 is 15.0 Å². The number of carbonyl (C=O) groups excluding carboxylic acids is 3. The Balaban J connectivity index is 1.73. The fourth-order valence-electron chi connectivity index (χ4n) is 3.60. The minimum atomic E-state index is -0.0158. The molecule has 2 amide bonds. The van der Waals surface area contributed by atoms with Crippen molar-refractivity contribution in [3.8, 4) is 0 Å². The van der Waals surface area contributed by atoms with Gasteiger partial charge in [0.1, 0.15) is 5.78 Å².